The van der Waals surface area contributed by atoms with Crippen molar-refractivity contribution in [3.63, 3.8) is 0 Å². The molecule has 0 spiro atoms. The number of methoxy groups -OCH3 is 2. The van der Waals surface area contributed by atoms with Gasteiger partial charge in [-0.25, -0.2) is 9.78 Å². The van der Waals surface area contributed by atoms with Crippen molar-refractivity contribution in [3.8, 4) is 34.6 Å². The second-order valence-corrected chi connectivity index (χ2v) is 7.88. The molecule has 0 unspecified atom stereocenters. The van der Waals surface area contributed by atoms with Gasteiger partial charge in [-0.2, -0.15) is 0 Å². The van der Waals surface area contributed by atoms with Crippen molar-refractivity contribution in [1.29, 1.82) is 0 Å². The van der Waals surface area contributed by atoms with Crippen LogP contribution in [0.15, 0.2) is 30.6 Å². The highest BCUT2D eigenvalue weighted by molar-refractivity contribution is 6.32. The summed E-state index contributed by atoms with van der Waals surface area (Å²) < 4.78 is 23.0. The zero-order valence-corrected chi connectivity index (χ0v) is 19.7. The first-order valence-electron chi connectivity index (χ1n) is 10.7. The molecule has 0 aliphatic carbocycles. The number of nitrogens with two attached hydrogens (primary N) is 1. The standard InChI is InChI=1S/C24H25ClN4O5/c1-31-21-13-22(32-2)18(25)11-17(21)19-15-29-14-16(5-3-4-8-34-24(26)30)20(12-23(29)27-19)28-6-9-33-10-7-28/h11-15H,4,6-10H2,1-2H3,(H2,26,30). The smallest absolute Gasteiger partial charge is 0.404 e. The summed E-state index contributed by atoms with van der Waals surface area (Å²) in [7, 11) is 3.15. The largest absolute Gasteiger partial charge is 0.496 e. The molecule has 1 saturated heterocycles. The van der Waals surface area contributed by atoms with Crippen molar-refractivity contribution in [1.82, 2.24) is 9.38 Å². The van der Waals surface area contributed by atoms with Gasteiger partial charge in [0.2, 0.25) is 0 Å². The first-order valence-corrected chi connectivity index (χ1v) is 11.1. The Balaban J connectivity index is 1.74. The Labute approximate surface area is 202 Å². The average molecular weight is 485 g/mol. The molecule has 1 aromatic carbocycles. The zero-order chi connectivity index (χ0) is 24.1. The number of halogens is 1. The molecular weight excluding hydrogens is 460 g/mol. The number of benzene rings is 1. The summed E-state index contributed by atoms with van der Waals surface area (Å²) >= 11 is 6.37. The summed E-state index contributed by atoms with van der Waals surface area (Å²) in [6.45, 7) is 2.94. The molecule has 1 fully saturated rings. The topological polar surface area (TPSA) is 101 Å². The van der Waals surface area contributed by atoms with E-state index in [0.29, 0.717) is 41.9 Å². The van der Waals surface area contributed by atoms with Gasteiger partial charge in [-0.1, -0.05) is 23.4 Å². The molecule has 9 nitrogen and oxygen atoms in total. The summed E-state index contributed by atoms with van der Waals surface area (Å²) in [4.78, 5) is 17.8. The van der Waals surface area contributed by atoms with E-state index in [2.05, 4.69) is 16.7 Å². The Hall–Kier alpha value is -3.61. The van der Waals surface area contributed by atoms with E-state index >= 15 is 0 Å². The van der Waals surface area contributed by atoms with Gasteiger partial charge in [0.1, 0.15) is 23.8 Å². The number of imidazole rings is 1. The summed E-state index contributed by atoms with van der Waals surface area (Å²) in [6.07, 6.45) is 3.41. The van der Waals surface area contributed by atoms with Gasteiger partial charge in [-0.3, -0.25) is 0 Å². The fourth-order valence-electron chi connectivity index (χ4n) is 3.74. The van der Waals surface area contributed by atoms with Crippen LogP contribution in [-0.4, -0.2) is 62.6 Å². The van der Waals surface area contributed by atoms with E-state index in [-0.39, 0.29) is 6.61 Å². The van der Waals surface area contributed by atoms with E-state index in [1.165, 1.54) is 0 Å². The number of primary amides is 1. The van der Waals surface area contributed by atoms with Crippen LogP contribution in [0.25, 0.3) is 16.9 Å². The third kappa shape index (κ3) is 5.14. The summed E-state index contributed by atoms with van der Waals surface area (Å²) in [5.41, 5.74) is 9.01. The van der Waals surface area contributed by atoms with E-state index in [1.54, 1.807) is 26.4 Å². The number of morpholine rings is 1. The van der Waals surface area contributed by atoms with Gasteiger partial charge in [0.25, 0.3) is 0 Å². The fraction of sp³-hybridized carbons (Fsp3) is 0.333. The van der Waals surface area contributed by atoms with Gasteiger partial charge >= 0.3 is 6.09 Å². The van der Waals surface area contributed by atoms with Crippen molar-refractivity contribution in [2.75, 3.05) is 52.0 Å². The van der Waals surface area contributed by atoms with E-state index in [9.17, 15) is 4.79 Å². The van der Waals surface area contributed by atoms with Gasteiger partial charge in [0.05, 0.1) is 49.4 Å². The molecule has 10 heteroatoms. The number of carbonyl (C=O) groups is 1. The van der Waals surface area contributed by atoms with Crippen molar-refractivity contribution in [2.24, 2.45) is 5.73 Å². The third-order valence-electron chi connectivity index (χ3n) is 5.37. The minimum atomic E-state index is -0.808. The minimum absolute atomic E-state index is 0.144. The van der Waals surface area contributed by atoms with Crippen molar-refractivity contribution >= 4 is 29.0 Å². The number of ether oxygens (including phenoxy) is 4. The Morgan fingerprint density at radius 1 is 1.18 bits per heavy atom. The quantitative estimate of drug-likeness (QED) is 0.423. The maximum atomic E-state index is 10.8. The Kier molecular flexibility index (Phi) is 7.30. The highest BCUT2D eigenvalue weighted by Gasteiger charge is 2.18. The van der Waals surface area contributed by atoms with Gasteiger partial charge < -0.3 is 34.0 Å². The van der Waals surface area contributed by atoms with Crippen LogP contribution in [0.3, 0.4) is 0 Å². The number of hydrogen-bond donors (Lipinski definition) is 1. The molecule has 3 heterocycles. The van der Waals surface area contributed by atoms with E-state index in [4.69, 9.17) is 41.3 Å². The summed E-state index contributed by atoms with van der Waals surface area (Å²) in [5.74, 6) is 7.38. The molecule has 0 radical (unpaired) electrons. The molecular formula is C24H25ClN4O5. The van der Waals surface area contributed by atoms with Crippen LogP contribution in [0, 0.1) is 11.8 Å². The number of pyridine rings is 1. The summed E-state index contributed by atoms with van der Waals surface area (Å²) in [6, 6.07) is 5.53. The average Bonchev–Trinajstić information content (AvgIpc) is 3.26. The first-order chi connectivity index (χ1) is 16.5. The predicted molar refractivity (Wildman–Crippen MR) is 129 cm³/mol. The number of rotatable bonds is 6. The molecule has 34 heavy (non-hydrogen) atoms. The molecule has 1 aliphatic rings. The van der Waals surface area contributed by atoms with Crippen LogP contribution in [-0.2, 0) is 9.47 Å². The molecule has 3 aromatic rings. The molecule has 0 bridgehead atoms. The number of fused-ring (bicyclic) bond motifs is 1. The molecule has 0 atom stereocenters. The number of hydrogen-bond acceptors (Lipinski definition) is 7. The lowest BCUT2D eigenvalue weighted by Gasteiger charge is -2.29. The highest BCUT2D eigenvalue weighted by Crippen LogP contribution is 2.38. The number of nitrogens with zero attached hydrogens (tertiary/aromatic N) is 3. The highest BCUT2D eigenvalue weighted by atomic mass is 35.5. The van der Waals surface area contributed by atoms with Crippen LogP contribution in [0.5, 0.6) is 11.5 Å². The SMILES string of the molecule is COc1cc(OC)c(-c2cn3cc(C#CCCOC(N)=O)c(N4CCOCC4)cc3n2)cc1Cl. The van der Waals surface area contributed by atoms with Gasteiger partial charge in [0, 0.05) is 49.6 Å². The lowest BCUT2D eigenvalue weighted by Crippen LogP contribution is -2.36. The Bertz CT molecular complexity index is 1260. The molecule has 1 aliphatic heterocycles. The second kappa shape index (κ2) is 10.5. The second-order valence-electron chi connectivity index (χ2n) is 7.47. The number of carbonyl (C=O) groups excluding carboxylic acids is 1. The number of aromatic nitrogens is 2. The molecule has 0 saturated carbocycles. The lowest BCUT2D eigenvalue weighted by atomic mass is 10.1. The van der Waals surface area contributed by atoms with Gasteiger partial charge in [-0.15, -0.1) is 0 Å². The predicted octanol–water partition coefficient (Wildman–Crippen LogP) is 3.35. The maximum Gasteiger partial charge on any atom is 0.404 e. The van der Waals surface area contributed by atoms with Crippen molar-refractivity contribution in [2.45, 2.75) is 6.42 Å². The van der Waals surface area contributed by atoms with Gasteiger partial charge in [-0.05, 0) is 6.07 Å². The lowest BCUT2D eigenvalue weighted by molar-refractivity contribution is 0.122. The number of amides is 1. The van der Waals surface area contributed by atoms with E-state index < -0.39 is 6.09 Å². The van der Waals surface area contributed by atoms with Crippen molar-refractivity contribution < 1.29 is 23.7 Å². The Morgan fingerprint density at radius 3 is 2.65 bits per heavy atom. The number of anilines is 1. The molecule has 4 rings (SSSR count). The van der Waals surface area contributed by atoms with Crippen molar-refractivity contribution in [3.05, 3.63) is 41.2 Å². The molecule has 2 N–H and O–H groups in total. The normalized spacial score (nSPS) is 13.3. The third-order valence-corrected chi connectivity index (χ3v) is 5.66. The molecule has 178 valence electrons. The first kappa shape index (κ1) is 23.5. The monoisotopic (exact) mass is 484 g/mol. The molecule has 1 amide bonds. The maximum absolute atomic E-state index is 10.8. The van der Waals surface area contributed by atoms with E-state index in [0.717, 1.165) is 35.6 Å². The summed E-state index contributed by atoms with van der Waals surface area (Å²) in [5, 5.41) is 0.467. The van der Waals surface area contributed by atoms with Crippen LogP contribution in [0.4, 0.5) is 10.5 Å². The van der Waals surface area contributed by atoms with Crippen LogP contribution >= 0.6 is 11.6 Å². The van der Waals surface area contributed by atoms with Gasteiger partial charge in [0.15, 0.2) is 0 Å². The fourth-order valence-corrected chi connectivity index (χ4v) is 3.98. The molecule has 2 aromatic heterocycles. The Morgan fingerprint density at radius 2 is 1.94 bits per heavy atom. The zero-order valence-electron chi connectivity index (χ0n) is 19.0. The van der Waals surface area contributed by atoms with Crippen LogP contribution < -0.4 is 20.1 Å². The minimum Gasteiger partial charge on any atom is -0.496 e. The van der Waals surface area contributed by atoms with Crippen LogP contribution in [0.2, 0.25) is 5.02 Å². The van der Waals surface area contributed by atoms with E-state index in [1.807, 2.05) is 22.9 Å². The van der Waals surface area contributed by atoms with Crippen LogP contribution in [0.1, 0.15) is 12.0 Å².